The molecule has 0 radical (unpaired) electrons. The van der Waals surface area contributed by atoms with Crippen molar-refractivity contribution in [2.45, 2.75) is 63.6 Å². The number of urea groups is 1. The summed E-state index contributed by atoms with van der Waals surface area (Å²) in [6.07, 6.45) is 2.51. The molecule has 0 aromatic heterocycles. The second-order valence-electron chi connectivity index (χ2n) is 8.12. The van der Waals surface area contributed by atoms with Gasteiger partial charge in [0.15, 0.2) is 0 Å². The summed E-state index contributed by atoms with van der Waals surface area (Å²) in [4.78, 5) is 25.3. The van der Waals surface area contributed by atoms with E-state index in [4.69, 9.17) is 5.11 Å². The van der Waals surface area contributed by atoms with E-state index in [0.717, 1.165) is 19.3 Å². The van der Waals surface area contributed by atoms with Gasteiger partial charge in [-0.05, 0) is 42.3 Å². The molecule has 1 atom stereocenters. The Hall–Kier alpha value is -2.08. The van der Waals surface area contributed by atoms with Crippen LogP contribution in [0.4, 0.5) is 4.79 Å². The Bertz CT molecular complexity index is 683. The summed E-state index contributed by atoms with van der Waals surface area (Å²) in [5, 5.41) is 15.1. The van der Waals surface area contributed by atoms with E-state index in [2.05, 4.69) is 36.6 Å². The Labute approximate surface area is 155 Å². The fourth-order valence-electron chi connectivity index (χ4n) is 4.34. The number of benzene rings is 1. The number of carbonyl (C=O) groups excluding carboxylic acids is 1. The minimum Gasteiger partial charge on any atom is -0.480 e. The van der Waals surface area contributed by atoms with E-state index >= 15 is 0 Å². The minimum absolute atomic E-state index is 0.0382. The Morgan fingerprint density at radius 1 is 1.23 bits per heavy atom. The van der Waals surface area contributed by atoms with Crippen molar-refractivity contribution in [3.63, 3.8) is 0 Å². The van der Waals surface area contributed by atoms with E-state index in [-0.39, 0.29) is 36.1 Å². The number of nitrogens with one attached hydrogen (secondary N) is 2. The number of nitrogens with zero attached hydrogens (tertiary/aromatic N) is 1. The Kier molecular flexibility index (Phi) is 5.23. The Balaban J connectivity index is 1.50. The van der Waals surface area contributed by atoms with Crippen molar-refractivity contribution in [3.05, 3.63) is 35.4 Å². The van der Waals surface area contributed by atoms with Gasteiger partial charge in [0.1, 0.15) is 0 Å². The van der Waals surface area contributed by atoms with Gasteiger partial charge in [-0.15, -0.1) is 0 Å². The first kappa shape index (κ1) is 18.7. The highest BCUT2D eigenvalue weighted by atomic mass is 16.4. The van der Waals surface area contributed by atoms with Gasteiger partial charge in [-0.2, -0.15) is 0 Å². The van der Waals surface area contributed by atoms with Crippen LogP contribution in [0.5, 0.6) is 0 Å². The molecule has 26 heavy (non-hydrogen) atoms. The van der Waals surface area contributed by atoms with Crippen LogP contribution in [-0.4, -0.2) is 47.2 Å². The number of hydrogen-bond donors (Lipinski definition) is 3. The van der Waals surface area contributed by atoms with Crippen LogP contribution in [0.1, 0.15) is 57.2 Å². The second-order valence-corrected chi connectivity index (χ2v) is 8.12. The summed E-state index contributed by atoms with van der Waals surface area (Å²) in [5.41, 5.74) is 2.58. The lowest BCUT2D eigenvalue weighted by atomic mass is 9.85. The molecule has 1 fully saturated rings. The van der Waals surface area contributed by atoms with Crippen molar-refractivity contribution >= 4 is 12.0 Å². The summed E-state index contributed by atoms with van der Waals surface area (Å²) in [5.74, 6) is -0.802. The lowest BCUT2D eigenvalue weighted by Gasteiger charge is -2.42. The molecule has 0 saturated heterocycles. The van der Waals surface area contributed by atoms with E-state index in [1.54, 1.807) is 0 Å². The molecule has 1 aromatic rings. The highest BCUT2D eigenvalue weighted by Gasteiger charge is 2.38. The summed E-state index contributed by atoms with van der Waals surface area (Å²) < 4.78 is 0. The smallest absolute Gasteiger partial charge is 0.317 e. The highest BCUT2D eigenvalue weighted by molar-refractivity contribution is 5.75. The lowest BCUT2D eigenvalue weighted by molar-refractivity contribution is -0.139. The van der Waals surface area contributed by atoms with Crippen molar-refractivity contribution < 1.29 is 14.7 Å². The van der Waals surface area contributed by atoms with E-state index in [9.17, 15) is 9.59 Å². The van der Waals surface area contributed by atoms with Crippen molar-refractivity contribution in [1.82, 2.24) is 15.5 Å². The first-order chi connectivity index (χ1) is 12.3. The molecular weight excluding hydrogens is 330 g/mol. The van der Waals surface area contributed by atoms with Gasteiger partial charge in [0.25, 0.3) is 0 Å². The summed E-state index contributed by atoms with van der Waals surface area (Å²) in [6, 6.07) is 8.58. The van der Waals surface area contributed by atoms with Crippen LogP contribution in [0.2, 0.25) is 0 Å². The first-order valence-corrected chi connectivity index (χ1v) is 9.42. The monoisotopic (exact) mass is 359 g/mol. The molecule has 0 bridgehead atoms. The average molecular weight is 359 g/mol. The number of carboxylic acid groups (broad SMARTS) is 1. The fourth-order valence-corrected chi connectivity index (χ4v) is 4.34. The lowest BCUT2D eigenvalue weighted by Crippen LogP contribution is -2.56. The van der Waals surface area contributed by atoms with Crippen molar-refractivity contribution in [3.8, 4) is 0 Å². The maximum Gasteiger partial charge on any atom is 0.317 e. The molecule has 2 amide bonds. The maximum absolute atomic E-state index is 12.4. The number of rotatable bonds is 6. The van der Waals surface area contributed by atoms with Crippen LogP contribution in [0.15, 0.2) is 24.3 Å². The molecule has 3 rings (SSSR count). The number of fused-ring (bicyclic) bond motifs is 1. The molecule has 142 valence electrons. The van der Waals surface area contributed by atoms with Crippen LogP contribution in [0, 0.1) is 0 Å². The Morgan fingerprint density at radius 3 is 2.58 bits per heavy atom. The zero-order valence-corrected chi connectivity index (χ0v) is 15.8. The summed E-state index contributed by atoms with van der Waals surface area (Å²) in [6.45, 7) is 7.17. The number of carbonyl (C=O) groups is 2. The standard InChI is InChI=1S/C20H29N3O3/c1-4-23(12-18(24)25)14-9-13(10-14)21-19(26)22-17-11-20(2,3)16-8-6-5-7-15(16)17/h5-8,13-14,17H,4,9-12H2,1-3H3,(H,24,25)(H2,21,22,26). The van der Waals surface area contributed by atoms with Gasteiger partial charge in [-0.1, -0.05) is 45.0 Å². The predicted molar refractivity (Wildman–Crippen MR) is 100 cm³/mol. The normalized spacial score (nSPS) is 26.1. The van der Waals surface area contributed by atoms with Crippen molar-refractivity contribution in [2.75, 3.05) is 13.1 Å². The molecule has 2 aliphatic rings. The Morgan fingerprint density at radius 2 is 1.92 bits per heavy atom. The molecule has 0 spiro atoms. The molecule has 1 aromatic carbocycles. The van der Waals surface area contributed by atoms with Crippen LogP contribution >= 0.6 is 0 Å². The molecule has 1 unspecified atom stereocenters. The molecule has 2 aliphatic carbocycles. The van der Waals surface area contributed by atoms with Gasteiger partial charge in [0.2, 0.25) is 0 Å². The molecule has 0 heterocycles. The zero-order valence-electron chi connectivity index (χ0n) is 15.8. The van der Waals surface area contributed by atoms with E-state index in [1.807, 2.05) is 24.0 Å². The van der Waals surface area contributed by atoms with Gasteiger partial charge >= 0.3 is 12.0 Å². The van der Waals surface area contributed by atoms with Crippen LogP contribution < -0.4 is 10.6 Å². The zero-order chi connectivity index (χ0) is 18.9. The van der Waals surface area contributed by atoms with Crippen LogP contribution in [0.25, 0.3) is 0 Å². The van der Waals surface area contributed by atoms with E-state index in [1.165, 1.54) is 11.1 Å². The topological polar surface area (TPSA) is 81.7 Å². The quantitative estimate of drug-likeness (QED) is 0.729. The third-order valence-electron chi connectivity index (χ3n) is 5.79. The summed E-state index contributed by atoms with van der Waals surface area (Å²) >= 11 is 0. The molecule has 0 aliphatic heterocycles. The first-order valence-electron chi connectivity index (χ1n) is 9.42. The van der Waals surface area contributed by atoms with Crippen molar-refractivity contribution in [1.29, 1.82) is 0 Å². The van der Waals surface area contributed by atoms with Gasteiger partial charge in [0.05, 0.1) is 12.6 Å². The molecular formula is C20H29N3O3. The van der Waals surface area contributed by atoms with Crippen LogP contribution in [-0.2, 0) is 10.2 Å². The SMILES string of the molecule is CCN(CC(=O)O)C1CC(NC(=O)NC2CC(C)(C)c3ccccc32)C1. The second kappa shape index (κ2) is 7.27. The predicted octanol–water partition coefficient (Wildman–Crippen LogP) is 2.65. The van der Waals surface area contributed by atoms with Gasteiger partial charge in [-0.25, -0.2) is 4.79 Å². The number of amides is 2. The number of aliphatic carboxylic acids is 1. The number of hydrogen-bond acceptors (Lipinski definition) is 3. The van der Waals surface area contributed by atoms with E-state index in [0.29, 0.717) is 6.54 Å². The number of likely N-dealkylation sites (N-methyl/N-ethyl adjacent to an activating group) is 1. The molecule has 6 nitrogen and oxygen atoms in total. The highest BCUT2D eigenvalue weighted by Crippen LogP contribution is 2.44. The third kappa shape index (κ3) is 3.85. The summed E-state index contributed by atoms with van der Waals surface area (Å²) in [7, 11) is 0. The van der Waals surface area contributed by atoms with Crippen LogP contribution in [0.3, 0.4) is 0 Å². The average Bonchev–Trinajstić information content (AvgIpc) is 2.79. The van der Waals surface area contributed by atoms with Gasteiger partial charge in [-0.3, -0.25) is 9.69 Å². The molecule has 6 heteroatoms. The number of carboxylic acids is 1. The van der Waals surface area contributed by atoms with Gasteiger partial charge < -0.3 is 15.7 Å². The third-order valence-corrected chi connectivity index (χ3v) is 5.79. The molecule has 1 saturated carbocycles. The van der Waals surface area contributed by atoms with Crippen molar-refractivity contribution in [2.24, 2.45) is 0 Å². The largest absolute Gasteiger partial charge is 0.480 e. The fraction of sp³-hybridized carbons (Fsp3) is 0.600. The maximum atomic E-state index is 12.4. The molecule has 3 N–H and O–H groups in total. The minimum atomic E-state index is -0.802. The van der Waals surface area contributed by atoms with Gasteiger partial charge in [0, 0.05) is 12.1 Å². The van der Waals surface area contributed by atoms with E-state index < -0.39 is 5.97 Å².